The molecule has 0 unspecified atom stereocenters. The number of rotatable bonds is 3. The van der Waals surface area contributed by atoms with Crippen LogP contribution in [0.2, 0.25) is 0 Å². The Morgan fingerprint density at radius 3 is 3.25 bits per heavy atom. The summed E-state index contributed by atoms with van der Waals surface area (Å²) in [6, 6.07) is 0. The van der Waals surface area contributed by atoms with Crippen molar-refractivity contribution in [2.75, 3.05) is 5.53 Å². The zero-order valence-corrected chi connectivity index (χ0v) is 5.52. The molecule has 0 amide bonds. The third-order valence-corrected chi connectivity index (χ3v) is 0.813. The number of hydrazine groups is 1. The maximum atomic E-state index is 9.84. The fourth-order valence-corrected chi connectivity index (χ4v) is 0.479. The van der Waals surface area contributed by atoms with Gasteiger partial charge in [0.15, 0.2) is 12.0 Å². The molecule has 0 atom stereocenters. The highest BCUT2D eigenvalue weighted by Gasteiger charge is 2.03. The highest BCUT2D eigenvalue weighted by atomic mass is 16.7. The molecule has 0 aliphatic heterocycles. The molecule has 10 nitrogen and oxygen atoms in total. The van der Waals surface area contributed by atoms with Crippen LogP contribution in [0.15, 0.2) is 11.3 Å². The Labute approximate surface area is 64.5 Å². The topological polar surface area (TPSA) is 135 Å². The molecule has 62 valence electrons. The molecular formula is C2H2N8O2. The lowest BCUT2D eigenvalue weighted by molar-refractivity contribution is -0.463. The third kappa shape index (κ3) is 1.82. The first kappa shape index (κ1) is 7.75. The summed E-state index contributed by atoms with van der Waals surface area (Å²) >= 11 is 0. The van der Waals surface area contributed by atoms with Crippen molar-refractivity contribution < 1.29 is 5.03 Å². The number of aromatic nitrogens is 3. The van der Waals surface area contributed by atoms with Crippen LogP contribution in [0.4, 0.5) is 5.82 Å². The van der Waals surface area contributed by atoms with Crippen LogP contribution in [-0.4, -0.2) is 20.1 Å². The molecule has 0 bridgehead atoms. The first-order chi connectivity index (χ1) is 5.72. The normalized spacial score (nSPS) is 8.67. The predicted octanol–water partition coefficient (Wildman–Crippen LogP) is -0.0449. The molecule has 0 fully saturated rings. The molecule has 0 saturated carbocycles. The number of nitrogens with zero attached hydrogens (tertiary/aromatic N) is 7. The lowest BCUT2D eigenvalue weighted by Gasteiger charge is -1.91. The van der Waals surface area contributed by atoms with Crippen molar-refractivity contribution in [1.82, 2.24) is 15.1 Å². The lowest BCUT2D eigenvalue weighted by Crippen LogP contribution is -2.21. The van der Waals surface area contributed by atoms with E-state index < -0.39 is 5.03 Å². The van der Waals surface area contributed by atoms with E-state index in [2.05, 4.69) is 20.3 Å². The standard InChI is InChI=1S/C2H2N8O2/c3-6-4-2-1-9(7-5-2)8-10(11)12/h1,8H. The Bertz CT molecular complexity index is 335. The molecule has 0 aliphatic rings. The van der Waals surface area contributed by atoms with Crippen LogP contribution in [0.5, 0.6) is 0 Å². The van der Waals surface area contributed by atoms with Crippen molar-refractivity contribution >= 4 is 5.82 Å². The molecule has 1 aromatic heterocycles. The van der Waals surface area contributed by atoms with E-state index in [4.69, 9.17) is 5.53 Å². The van der Waals surface area contributed by atoms with Gasteiger partial charge in [0.1, 0.15) is 0 Å². The average Bonchev–Trinajstić information content (AvgIpc) is 2.36. The molecule has 0 aromatic carbocycles. The first-order valence-electron chi connectivity index (χ1n) is 2.61. The van der Waals surface area contributed by atoms with E-state index >= 15 is 0 Å². The smallest absolute Gasteiger partial charge is 0.197 e. The summed E-state index contributed by atoms with van der Waals surface area (Å²) in [5.74, 6) is -0.0492. The fraction of sp³-hybridized carbons (Fsp3) is 0. The zero-order chi connectivity index (χ0) is 8.97. The van der Waals surface area contributed by atoms with Crippen molar-refractivity contribution in [2.45, 2.75) is 0 Å². The summed E-state index contributed by atoms with van der Waals surface area (Å²) < 4.78 is 0. The largest absolute Gasteiger partial charge is 0.339 e. The van der Waals surface area contributed by atoms with E-state index in [0.29, 0.717) is 4.79 Å². The molecule has 0 aliphatic carbocycles. The van der Waals surface area contributed by atoms with Crippen molar-refractivity contribution in [3.63, 3.8) is 0 Å². The maximum absolute atomic E-state index is 9.84. The van der Waals surface area contributed by atoms with Crippen LogP contribution >= 0.6 is 0 Å². The summed E-state index contributed by atoms with van der Waals surface area (Å²) in [5, 5.41) is 18.6. The van der Waals surface area contributed by atoms with Gasteiger partial charge in [-0.3, -0.25) is 0 Å². The minimum atomic E-state index is -0.825. The van der Waals surface area contributed by atoms with Crippen LogP contribution in [0, 0.1) is 10.1 Å². The molecular weight excluding hydrogens is 168 g/mol. The molecule has 10 heteroatoms. The molecule has 12 heavy (non-hydrogen) atoms. The minimum absolute atomic E-state index is 0.0492. The number of nitro groups is 1. The van der Waals surface area contributed by atoms with Crippen LogP contribution in [0.1, 0.15) is 0 Å². The SMILES string of the molecule is [N-]=[N+]=Nc1cn(N[N+](=O)[O-])nn1. The van der Waals surface area contributed by atoms with Gasteiger partial charge >= 0.3 is 0 Å². The zero-order valence-electron chi connectivity index (χ0n) is 5.52. The second-order valence-corrected chi connectivity index (χ2v) is 1.57. The van der Waals surface area contributed by atoms with Gasteiger partial charge in [-0.2, -0.15) is 0 Å². The highest BCUT2D eigenvalue weighted by molar-refractivity contribution is 5.19. The monoisotopic (exact) mass is 170 g/mol. The van der Waals surface area contributed by atoms with Gasteiger partial charge < -0.3 is 10.1 Å². The Morgan fingerprint density at radius 2 is 2.67 bits per heavy atom. The Kier molecular flexibility index (Phi) is 2.04. The first-order valence-corrected chi connectivity index (χ1v) is 2.61. The quantitative estimate of drug-likeness (QED) is 0.223. The lowest BCUT2D eigenvalue weighted by atomic mass is 10.8. The van der Waals surface area contributed by atoms with Gasteiger partial charge in [-0.1, -0.05) is 0 Å². The van der Waals surface area contributed by atoms with Crippen molar-refractivity contribution in [1.29, 1.82) is 0 Å². The number of hydrogen-bond acceptors (Lipinski definition) is 5. The van der Waals surface area contributed by atoms with Crippen molar-refractivity contribution in [3.05, 3.63) is 26.8 Å². The summed E-state index contributed by atoms with van der Waals surface area (Å²) in [6.07, 6.45) is 1.07. The fourth-order valence-electron chi connectivity index (χ4n) is 0.479. The van der Waals surface area contributed by atoms with E-state index in [0.717, 1.165) is 6.20 Å². The van der Waals surface area contributed by atoms with E-state index in [1.54, 1.807) is 5.53 Å². The van der Waals surface area contributed by atoms with Gasteiger partial charge in [0.05, 0.1) is 10.2 Å². The van der Waals surface area contributed by atoms with Crippen molar-refractivity contribution in [2.24, 2.45) is 5.11 Å². The van der Waals surface area contributed by atoms with Crippen LogP contribution < -0.4 is 5.53 Å². The molecule has 1 N–H and O–H groups in total. The predicted molar refractivity (Wildman–Crippen MR) is 35.2 cm³/mol. The summed E-state index contributed by atoms with van der Waals surface area (Å²) in [4.78, 5) is 13.0. The summed E-state index contributed by atoms with van der Waals surface area (Å²) in [7, 11) is 0. The Hall–Kier alpha value is -2.35. The summed E-state index contributed by atoms with van der Waals surface area (Å²) in [5.41, 5.74) is 9.60. The number of hydrogen-bond donors (Lipinski definition) is 1. The minimum Gasteiger partial charge on any atom is -0.339 e. The van der Waals surface area contributed by atoms with Crippen LogP contribution in [0.3, 0.4) is 0 Å². The van der Waals surface area contributed by atoms with Gasteiger partial charge in [-0.25, -0.2) is 0 Å². The number of nitrogens with one attached hydrogen (secondary N) is 1. The molecule has 1 rings (SSSR count). The van der Waals surface area contributed by atoms with E-state index in [1.165, 1.54) is 0 Å². The molecule has 1 aromatic rings. The molecule has 0 spiro atoms. The van der Waals surface area contributed by atoms with E-state index in [9.17, 15) is 10.1 Å². The second kappa shape index (κ2) is 3.16. The Morgan fingerprint density at radius 1 is 1.92 bits per heavy atom. The maximum Gasteiger partial charge on any atom is 0.197 e. The van der Waals surface area contributed by atoms with Crippen molar-refractivity contribution in [3.8, 4) is 0 Å². The van der Waals surface area contributed by atoms with Crippen LogP contribution in [0.25, 0.3) is 10.4 Å². The van der Waals surface area contributed by atoms with Gasteiger partial charge in [-0.15, -0.1) is 5.10 Å². The average molecular weight is 170 g/mol. The Balaban J connectivity index is 2.77. The van der Waals surface area contributed by atoms with Crippen LogP contribution in [-0.2, 0) is 0 Å². The molecule has 1 heterocycles. The van der Waals surface area contributed by atoms with Gasteiger partial charge in [0.2, 0.25) is 0 Å². The summed E-state index contributed by atoms with van der Waals surface area (Å²) in [6.45, 7) is 0. The second-order valence-electron chi connectivity index (χ2n) is 1.57. The van der Waals surface area contributed by atoms with Gasteiger partial charge in [0, 0.05) is 4.91 Å². The van der Waals surface area contributed by atoms with Gasteiger partial charge in [0.25, 0.3) is 0 Å². The number of azide groups is 1. The molecule has 0 saturated heterocycles. The molecule has 0 radical (unpaired) electrons. The van der Waals surface area contributed by atoms with E-state index in [1.807, 2.05) is 0 Å². The third-order valence-electron chi connectivity index (χ3n) is 0.813. The van der Waals surface area contributed by atoms with E-state index in [-0.39, 0.29) is 5.82 Å². The van der Waals surface area contributed by atoms with Gasteiger partial charge in [-0.05, 0) is 21.0 Å². The highest BCUT2D eigenvalue weighted by Crippen LogP contribution is 2.02.